The average molecular weight is 277 g/mol. The summed E-state index contributed by atoms with van der Waals surface area (Å²) in [4.78, 5) is 12.7. The summed E-state index contributed by atoms with van der Waals surface area (Å²) in [5.41, 5.74) is 2.25. The van der Waals surface area contributed by atoms with Crippen molar-refractivity contribution >= 4 is 23.1 Å². The van der Waals surface area contributed by atoms with E-state index in [-0.39, 0.29) is 12.5 Å². The van der Waals surface area contributed by atoms with Gasteiger partial charge in [-0.2, -0.15) is 0 Å². The highest BCUT2D eigenvalue weighted by molar-refractivity contribution is 7.08. The Hall–Kier alpha value is -1.79. The molecule has 100 valence electrons. The molecule has 0 saturated heterocycles. The van der Waals surface area contributed by atoms with Gasteiger partial charge < -0.3 is 10.4 Å². The minimum absolute atomic E-state index is 0.00631. The standard InChI is InChI=1S/C13H15N3O2S/c1-2-3-11-12(19-16-15-11)13(18)14-10-6-4-9(8-17)5-7-10/h4-7,17H,2-3,8H2,1H3,(H,14,18). The number of aliphatic hydroxyl groups excluding tert-OH is 1. The zero-order chi connectivity index (χ0) is 13.7. The number of hydrogen-bond donors (Lipinski definition) is 2. The van der Waals surface area contributed by atoms with Crippen molar-refractivity contribution in [1.29, 1.82) is 0 Å². The molecule has 0 bridgehead atoms. The van der Waals surface area contributed by atoms with Gasteiger partial charge in [0.15, 0.2) is 0 Å². The number of aliphatic hydroxyl groups is 1. The molecule has 0 spiro atoms. The molecule has 0 radical (unpaired) electrons. The van der Waals surface area contributed by atoms with Gasteiger partial charge in [0, 0.05) is 5.69 Å². The van der Waals surface area contributed by atoms with Crippen molar-refractivity contribution in [3.8, 4) is 0 Å². The molecule has 19 heavy (non-hydrogen) atoms. The Bertz CT molecular complexity index is 551. The Kier molecular flexibility index (Phi) is 4.59. The van der Waals surface area contributed by atoms with Gasteiger partial charge >= 0.3 is 0 Å². The van der Waals surface area contributed by atoms with Gasteiger partial charge in [-0.25, -0.2) is 0 Å². The van der Waals surface area contributed by atoms with Crippen LogP contribution < -0.4 is 5.32 Å². The van der Waals surface area contributed by atoms with Gasteiger partial charge in [-0.05, 0) is 35.6 Å². The largest absolute Gasteiger partial charge is 0.392 e. The molecule has 0 unspecified atom stereocenters. The second-order valence-corrected chi connectivity index (χ2v) is 4.86. The third-order valence-electron chi connectivity index (χ3n) is 2.64. The van der Waals surface area contributed by atoms with Crippen LogP contribution in [0.25, 0.3) is 0 Å². The smallest absolute Gasteiger partial charge is 0.269 e. The van der Waals surface area contributed by atoms with Gasteiger partial charge in [0.25, 0.3) is 5.91 Å². The number of rotatable bonds is 5. The van der Waals surface area contributed by atoms with E-state index in [9.17, 15) is 4.79 Å². The molecule has 0 aliphatic carbocycles. The lowest BCUT2D eigenvalue weighted by atomic mass is 10.2. The van der Waals surface area contributed by atoms with E-state index in [1.165, 1.54) is 0 Å². The van der Waals surface area contributed by atoms with Crippen LogP contribution in [0.2, 0.25) is 0 Å². The van der Waals surface area contributed by atoms with Gasteiger partial charge in [-0.15, -0.1) is 5.10 Å². The lowest BCUT2D eigenvalue weighted by Crippen LogP contribution is -2.12. The van der Waals surface area contributed by atoms with E-state index in [1.807, 2.05) is 6.92 Å². The zero-order valence-corrected chi connectivity index (χ0v) is 11.4. The van der Waals surface area contributed by atoms with Crippen molar-refractivity contribution in [2.45, 2.75) is 26.4 Å². The Morgan fingerprint density at radius 1 is 1.37 bits per heavy atom. The molecule has 0 aliphatic rings. The van der Waals surface area contributed by atoms with E-state index in [4.69, 9.17) is 5.11 Å². The van der Waals surface area contributed by atoms with Crippen LogP contribution in [0.5, 0.6) is 0 Å². The molecule has 0 atom stereocenters. The van der Waals surface area contributed by atoms with Crippen molar-refractivity contribution < 1.29 is 9.90 Å². The summed E-state index contributed by atoms with van der Waals surface area (Å²) in [6, 6.07) is 7.07. The number of hydrogen-bond acceptors (Lipinski definition) is 5. The van der Waals surface area contributed by atoms with Crippen molar-refractivity contribution in [3.05, 3.63) is 40.4 Å². The van der Waals surface area contributed by atoms with Gasteiger partial charge in [-0.3, -0.25) is 4.79 Å². The molecule has 2 rings (SSSR count). The number of carbonyl (C=O) groups is 1. The summed E-state index contributed by atoms with van der Waals surface area (Å²) < 4.78 is 3.83. The third-order valence-corrected chi connectivity index (χ3v) is 3.41. The number of benzene rings is 1. The molecule has 1 aromatic carbocycles. The van der Waals surface area contributed by atoms with E-state index in [0.29, 0.717) is 10.6 Å². The molecule has 0 fully saturated rings. The number of aryl methyl sites for hydroxylation is 1. The summed E-state index contributed by atoms with van der Waals surface area (Å²) in [6.45, 7) is 2.03. The summed E-state index contributed by atoms with van der Waals surface area (Å²) in [7, 11) is 0. The Balaban J connectivity index is 2.09. The second kappa shape index (κ2) is 6.40. The minimum atomic E-state index is -0.185. The predicted molar refractivity (Wildman–Crippen MR) is 74.2 cm³/mol. The van der Waals surface area contributed by atoms with Crippen LogP contribution in [0.3, 0.4) is 0 Å². The maximum atomic E-state index is 12.1. The molecule has 1 amide bonds. The van der Waals surface area contributed by atoms with E-state index >= 15 is 0 Å². The molecule has 2 aromatic rings. The maximum absolute atomic E-state index is 12.1. The molecule has 2 N–H and O–H groups in total. The Morgan fingerprint density at radius 2 is 2.11 bits per heavy atom. The number of aromatic nitrogens is 2. The summed E-state index contributed by atoms with van der Waals surface area (Å²) in [6.07, 6.45) is 1.68. The van der Waals surface area contributed by atoms with Crippen molar-refractivity contribution in [2.24, 2.45) is 0 Å². The Morgan fingerprint density at radius 3 is 2.74 bits per heavy atom. The van der Waals surface area contributed by atoms with Crippen molar-refractivity contribution in [2.75, 3.05) is 5.32 Å². The number of anilines is 1. The van der Waals surface area contributed by atoms with Crippen molar-refractivity contribution in [3.63, 3.8) is 0 Å². The van der Waals surface area contributed by atoms with Crippen LogP contribution >= 0.6 is 11.5 Å². The Labute approximate surface area is 115 Å². The fourth-order valence-corrected chi connectivity index (χ4v) is 2.27. The van der Waals surface area contributed by atoms with Gasteiger partial charge in [0.1, 0.15) is 4.88 Å². The normalized spacial score (nSPS) is 10.4. The number of nitrogens with one attached hydrogen (secondary N) is 1. The van der Waals surface area contributed by atoms with Crippen LogP contribution in [-0.2, 0) is 13.0 Å². The number of amides is 1. The highest BCUT2D eigenvalue weighted by atomic mass is 32.1. The predicted octanol–water partition coefficient (Wildman–Crippen LogP) is 2.24. The van der Waals surface area contributed by atoms with E-state index < -0.39 is 0 Å². The topological polar surface area (TPSA) is 75.1 Å². The van der Waals surface area contributed by atoms with Crippen LogP contribution in [0.1, 0.15) is 34.3 Å². The van der Waals surface area contributed by atoms with Crippen LogP contribution in [-0.4, -0.2) is 20.6 Å². The molecule has 0 aliphatic heterocycles. The maximum Gasteiger partial charge on any atom is 0.269 e. The average Bonchev–Trinajstić information content (AvgIpc) is 2.88. The summed E-state index contributed by atoms with van der Waals surface area (Å²) in [5.74, 6) is -0.185. The number of carbonyl (C=O) groups excluding carboxylic acids is 1. The first-order valence-corrected chi connectivity index (χ1v) is 6.84. The fraction of sp³-hybridized carbons (Fsp3) is 0.308. The molecule has 5 nitrogen and oxygen atoms in total. The lowest BCUT2D eigenvalue weighted by Gasteiger charge is -2.05. The third kappa shape index (κ3) is 3.36. The molecular formula is C13H15N3O2S. The fourth-order valence-electron chi connectivity index (χ4n) is 1.66. The SMILES string of the molecule is CCCc1nnsc1C(=O)Nc1ccc(CO)cc1. The van der Waals surface area contributed by atoms with Crippen molar-refractivity contribution in [1.82, 2.24) is 9.59 Å². The first kappa shape index (κ1) is 13.6. The van der Waals surface area contributed by atoms with Crippen LogP contribution in [0.15, 0.2) is 24.3 Å². The second-order valence-electron chi connectivity index (χ2n) is 4.11. The monoisotopic (exact) mass is 277 g/mol. The van der Waals surface area contributed by atoms with Crippen LogP contribution in [0.4, 0.5) is 5.69 Å². The summed E-state index contributed by atoms with van der Waals surface area (Å²) >= 11 is 1.11. The highest BCUT2D eigenvalue weighted by Crippen LogP contribution is 2.16. The number of nitrogens with zero attached hydrogens (tertiary/aromatic N) is 2. The van der Waals surface area contributed by atoms with E-state index in [2.05, 4.69) is 14.9 Å². The van der Waals surface area contributed by atoms with Crippen LogP contribution in [0, 0.1) is 0 Å². The highest BCUT2D eigenvalue weighted by Gasteiger charge is 2.15. The summed E-state index contributed by atoms with van der Waals surface area (Å²) in [5, 5.41) is 15.7. The first-order valence-electron chi connectivity index (χ1n) is 6.07. The van der Waals surface area contributed by atoms with Gasteiger partial charge in [-0.1, -0.05) is 30.0 Å². The molecule has 1 aromatic heterocycles. The quantitative estimate of drug-likeness (QED) is 0.879. The molecule has 6 heteroatoms. The van der Waals surface area contributed by atoms with E-state index in [0.717, 1.165) is 35.6 Å². The minimum Gasteiger partial charge on any atom is -0.392 e. The first-order chi connectivity index (χ1) is 9.24. The molecule has 1 heterocycles. The molecule has 0 saturated carbocycles. The van der Waals surface area contributed by atoms with E-state index in [1.54, 1.807) is 24.3 Å². The molecular weight excluding hydrogens is 262 g/mol. The van der Waals surface area contributed by atoms with Gasteiger partial charge in [0.2, 0.25) is 0 Å². The van der Waals surface area contributed by atoms with Gasteiger partial charge in [0.05, 0.1) is 12.3 Å². The zero-order valence-electron chi connectivity index (χ0n) is 10.6. The lowest BCUT2D eigenvalue weighted by molar-refractivity contribution is 0.102.